The van der Waals surface area contributed by atoms with Crippen molar-refractivity contribution in [1.82, 2.24) is 0 Å². The van der Waals surface area contributed by atoms with Crippen LogP contribution in [0.1, 0.15) is 41.0 Å². The van der Waals surface area contributed by atoms with Crippen molar-refractivity contribution in [3.05, 3.63) is 0 Å². The number of carbonyl (C=O) groups is 2. The third-order valence-electron chi connectivity index (χ3n) is 1.71. The van der Waals surface area contributed by atoms with Gasteiger partial charge in [0.15, 0.2) is 0 Å². The molecule has 0 aromatic rings. The summed E-state index contributed by atoms with van der Waals surface area (Å²) in [5.74, 6) is -0.565. The molecular formula is C10H18O3. The molecule has 0 aromatic heterocycles. The standard InChI is InChI=1S/C10H18O3/c1-7(2)6-10(4,5)9(12)13-8(3)11/h7H,6H2,1-5H3. The summed E-state index contributed by atoms with van der Waals surface area (Å²) in [4.78, 5) is 21.9. The molecule has 0 heterocycles. The zero-order valence-corrected chi connectivity index (χ0v) is 9.01. The summed E-state index contributed by atoms with van der Waals surface area (Å²) in [6.45, 7) is 8.88. The van der Waals surface area contributed by atoms with Gasteiger partial charge >= 0.3 is 11.9 Å². The normalized spacial score (nSPS) is 11.5. The lowest BCUT2D eigenvalue weighted by molar-refractivity contribution is -0.165. The molecule has 0 aliphatic rings. The van der Waals surface area contributed by atoms with Crippen molar-refractivity contribution in [2.45, 2.75) is 41.0 Å². The maximum Gasteiger partial charge on any atom is 0.319 e. The van der Waals surface area contributed by atoms with Gasteiger partial charge in [0.25, 0.3) is 0 Å². The third kappa shape index (κ3) is 4.65. The first kappa shape index (κ1) is 12.1. The van der Waals surface area contributed by atoms with E-state index in [1.165, 1.54) is 6.92 Å². The van der Waals surface area contributed by atoms with Crippen LogP contribution < -0.4 is 0 Å². The number of esters is 2. The Labute approximate surface area is 79.5 Å². The summed E-state index contributed by atoms with van der Waals surface area (Å²) in [5.41, 5.74) is -0.570. The van der Waals surface area contributed by atoms with Crippen molar-refractivity contribution in [2.24, 2.45) is 11.3 Å². The van der Waals surface area contributed by atoms with Crippen molar-refractivity contribution in [2.75, 3.05) is 0 Å². The van der Waals surface area contributed by atoms with Crippen LogP contribution in [-0.4, -0.2) is 11.9 Å². The number of hydrogen-bond donors (Lipinski definition) is 0. The number of ether oxygens (including phenoxy) is 1. The highest BCUT2D eigenvalue weighted by atomic mass is 16.6. The Balaban J connectivity index is 4.27. The van der Waals surface area contributed by atoms with Gasteiger partial charge in [0, 0.05) is 6.92 Å². The smallest absolute Gasteiger partial charge is 0.319 e. The first-order valence-corrected chi connectivity index (χ1v) is 4.48. The van der Waals surface area contributed by atoms with Gasteiger partial charge in [-0.3, -0.25) is 9.59 Å². The Hall–Kier alpha value is -0.860. The summed E-state index contributed by atoms with van der Waals surface area (Å²) in [5, 5.41) is 0. The second-order valence-corrected chi connectivity index (χ2v) is 4.36. The van der Waals surface area contributed by atoms with Gasteiger partial charge < -0.3 is 4.74 Å². The van der Waals surface area contributed by atoms with Crippen molar-refractivity contribution in [3.63, 3.8) is 0 Å². The number of carbonyl (C=O) groups excluding carboxylic acids is 2. The highest BCUT2D eigenvalue weighted by Gasteiger charge is 2.31. The molecule has 0 rings (SSSR count). The predicted molar refractivity (Wildman–Crippen MR) is 50.0 cm³/mol. The zero-order chi connectivity index (χ0) is 10.6. The van der Waals surface area contributed by atoms with E-state index < -0.39 is 17.4 Å². The SMILES string of the molecule is CC(=O)OC(=O)C(C)(C)CC(C)C. The Kier molecular flexibility index (Phi) is 4.11. The molecule has 0 aliphatic carbocycles. The van der Waals surface area contributed by atoms with Crippen LogP contribution in [0.15, 0.2) is 0 Å². The molecule has 0 atom stereocenters. The van der Waals surface area contributed by atoms with E-state index >= 15 is 0 Å². The summed E-state index contributed by atoms with van der Waals surface area (Å²) in [6, 6.07) is 0. The monoisotopic (exact) mass is 186 g/mol. The molecule has 0 bridgehead atoms. The molecular weight excluding hydrogens is 168 g/mol. The van der Waals surface area contributed by atoms with Gasteiger partial charge in [0.1, 0.15) is 0 Å². The minimum Gasteiger partial charge on any atom is -0.393 e. The van der Waals surface area contributed by atoms with Crippen LogP contribution in [0.25, 0.3) is 0 Å². The quantitative estimate of drug-likeness (QED) is 0.501. The number of rotatable bonds is 3. The molecule has 0 fully saturated rings. The Morgan fingerprint density at radius 2 is 1.77 bits per heavy atom. The van der Waals surface area contributed by atoms with Gasteiger partial charge in [0.2, 0.25) is 0 Å². The van der Waals surface area contributed by atoms with E-state index in [9.17, 15) is 9.59 Å². The van der Waals surface area contributed by atoms with Crippen LogP contribution in [0, 0.1) is 11.3 Å². The van der Waals surface area contributed by atoms with E-state index in [-0.39, 0.29) is 0 Å². The molecule has 13 heavy (non-hydrogen) atoms. The zero-order valence-electron chi connectivity index (χ0n) is 9.01. The van der Waals surface area contributed by atoms with Crippen molar-refractivity contribution < 1.29 is 14.3 Å². The van der Waals surface area contributed by atoms with E-state index in [1.807, 2.05) is 13.8 Å². The second kappa shape index (κ2) is 4.40. The minimum absolute atomic E-state index is 0.412. The molecule has 0 unspecified atom stereocenters. The fourth-order valence-corrected chi connectivity index (χ4v) is 1.37. The maximum atomic E-state index is 11.4. The van der Waals surface area contributed by atoms with Crippen molar-refractivity contribution in [3.8, 4) is 0 Å². The van der Waals surface area contributed by atoms with Crippen molar-refractivity contribution in [1.29, 1.82) is 0 Å². The molecule has 3 nitrogen and oxygen atoms in total. The van der Waals surface area contributed by atoms with Crippen LogP contribution >= 0.6 is 0 Å². The molecule has 0 saturated heterocycles. The van der Waals surface area contributed by atoms with Gasteiger partial charge in [-0.2, -0.15) is 0 Å². The summed E-state index contributed by atoms with van der Waals surface area (Å²) >= 11 is 0. The summed E-state index contributed by atoms with van der Waals surface area (Å²) < 4.78 is 4.54. The van der Waals surface area contributed by atoms with Gasteiger partial charge in [-0.05, 0) is 26.2 Å². The van der Waals surface area contributed by atoms with E-state index in [0.717, 1.165) is 6.42 Å². The van der Waals surface area contributed by atoms with Crippen LogP contribution in [0.4, 0.5) is 0 Å². The van der Waals surface area contributed by atoms with E-state index in [0.29, 0.717) is 5.92 Å². The van der Waals surface area contributed by atoms with Crippen LogP contribution in [0.2, 0.25) is 0 Å². The fraction of sp³-hybridized carbons (Fsp3) is 0.800. The highest BCUT2D eigenvalue weighted by molar-refractivity contribution is 5.87. The fourth-order valence-electron chi connectivity index (χ4n) is 1.37. The molecule has 3 heteroatoms. The lowest BCUT2D eigenvalue weighted by Crippen LogP contribution is -2.29. The van der Waals surface area contributed by atoms with E-state index in [1.54, 1.807) is 13.8 Å². The van der Waals surface area contributed by atoms with Crippen LogP contribution in [0.3, 0.4) is 0 Å². The average Bonchev–Trinajstić information content (AvgIpc) is 1.81. The molecule has 0 aromatic carbocycles. The largest absolute Gasteiger partial charge is 0.393 e. The van der Waals surface area contributed by atoms with E-state index in [4.69, 9.17) is 0 Å². The molecule has 0 radical (unpaired) electrons. The van der Waals surface area contributed by atoms with Gasteiger partial charge in [-0.1, -0.05) is 13.8 Å². The highest BCUT2D eigenvalue weighted by Crippen LogP contribution is 2.26. The van der Waals surface area contributed by atoms with Gasteiger partial charge in [-0.25, -0.2) is 0 Å². The average molecular weight is 186 g/mol. The first-order valence-electron chi connectivity index (χ1n) is 4.48. The van der Waals surface area contributed by atoms with Crippen LogP contribution in [-0.2, 0) is 14.3 Å². The van der Waals surface area contributed by atoms with E-state index in [2.05, 4.69) is 4.74 Å². The maximum absolute atomic E-state index is 11.4. The Morgan fingerprint density at radius 3 is 2.08 bits per heavy atom. The molecule has 0 aliphatic heterocycles. The number of hydrogen-bond acceptors (Lipinski definition) is 3. The third-order valence-corrected chi connectivity index (χ3v) is 1.71. The van der Waals surface area contributed by atoms with Crippen LogP contribution in [0.5, 0.6) is 0 Å². The predicted octanol–water partition coefficient (Wildman–Crippen LogP) is 2.15. The summed E-state index contributed by atoms with van der Waals surface area (Å²) in [7, 11) is 0. The first-order chi connectivity index (χ1) is 5.75. The minimum atomic E-state index is -0.570. The summed E-state index contributed by atoms with van der Waals surface area (Å²) in [6.07, 6.45) is 0.721. The molecule has 0 amide bonds. The van der Waals surface area contributed by atoms with Gasteiger partial charge in [0.05, 0.1) is 5.41 Å². The molecule has 0 spiro atoms. The second-order valence-electron chi connectivity index (χ2n) is 4.36. The molecule has 0 saturated carbocycles. The Bertz CT molecular complexity index is 204. The lowest BCUT2D eigenvalue weighted by Gasteiger charge is -2.23. The van der Waals surface area contributed by atoms with Gasteiger partial charge in [-0.15, -0.1) is 0 Å². The molecule has 0 N–H and O–H groups in total. The topological polar surface area (TPSA) is 43.4 Å². The molecule has 76 valence electrons. The lowest BCUT2D eigenvalue weighted by atomic mass is 9.84. The Morgan fingerprint density at radius 1 is 1.31 bits per heavy atom. The van der Waals surface area contributed by atoms with Crippen molar-refractivity contribution >= 4 is 11.9 Å².